The van der Waals surface area contributed by atoms with Crippen LogP contribution in [0.2, 0.25) is 0 Å². The van der Waals surface area contributed by atoms with Gasteiger partial charge >= 0.3 is 5.97 Å². The Hall–Kier alpha value is -1.91. The number of rotatable bonds is 6. The second kappa shape index (κ2) is 6.50. The maximum Gasteiger partial charge on any atom is 0.318 e. The average molecular weight is 296 g/mol. The predicted octanol–water partition coefficient (Wildman–Crippen LogP) is 1.35. The summed E-state index contributed by atoms with van der Waals surface area (Å²) in [4.78, 5) is 10.8. The van der Waals surface area contributed by atoms with Crippen LogP contribution in [0.4, 0.5) is 0 Å². The number of hydrogen-bond acceptors (Lipinski definition) is 4. The maximum atomic E-state index is 12.5. The summed E-state index contributed by atoms with van der Waals surface area (Å²) >= 11 is 0. The van der Waals surface area contributed by atoms with Gasteiger partial charge in [0.1, 0.15) is 6.54 Å². The minimum absolute atomic E-state index is 0.0335. The van der Waals surface area contributed by atoms with Crippen molar-refractivity contribution >= 4 is 16.0 Å². The normalized spacial score (nSPS) is 11.3. The molecule has 6 nitrogen and oxygen atoms in total. The van der Waals surface area contributed by atoms with E-state index in [-0.39, 0.29) is 11.4 Å². The van der Waals surface area contributed by atoms with Crippen LogP contribution in [0.5, 0.6) is 0 Å². The summed E-state index contributed by atoms with van der Waals surface area (Å²) in [6.45, 7) is 2.91. The Labute approximate surface area is 118 Å². The van der Waals surface area contributed by atoms with Crippen LogP contribution in [-0.2, 0) is 14.8 Å². The molecule has 0 spiro atoms. The maximum absolute atomic E-state index is 12.5. The fourth-order valence-electron chi connectivity index (χ4n) is 1.83. The van der Waals surface area contributed by atoms with Gasteiger partial charge in [-0.3, -0.25) is 4.79 Å². The molecular weight excluding hydrogens is 280 g/mol. The lowest BCUT2D eigenvalue weighted by atomic mass is 10.2. The van der Waals surface area contributed by atoms with Crippen LogP contribution < -0.4 is 0 Å². The lowest BCUT2D eigenvalue weighted by molar-refractivity contribution is -0.137. The highest BCUT2D eigenvalue weighted by atomic mass is 32.2. The molecule has 0 aromatic heterocycles. The standard InChI is InChI=1S/C13H16N2O4S/c1-3-6-15(9-13(16)17)20(18,19)12-5-4-11(8-14)7-10(12)2/h4-5,7H,3,6,9H2,1-2H3,(H,16,17). The van der Waals surface area contributed by atoms with Gasteiger partial charge in [-0.05, 0) is 37.1 Å². The zero-order valence-electron chi connectivity index (χ0n) is 11.3. The van der Waals surface area contributed by atoms with Gasteiger partial charge in [-0.1, -0.05) is 6.92 Å². The van der Waals surface area contributed by atoms with Crippen LogP contribution >= 0.6 is 0 Å². The molecule has 7 heteroatoms. The minimum Gasteiger partial charge on any atom is -0.480 e. The average Bonchev–Trinajstić information content (AvgIpc) is 2.37. The molecule has 0 fully saturated rings. The molecule has 0 radical (unpaired) electrons. The van der Waals surface area contributed by atoms with Crippen molar-refractivity contribution in [2.75, 3.05) is 13.1 Å². The van der Waals surface area contributed by atoms with Crippen LogP contribution in [-0.4, -0.2) is 36.9 Å². The summed E-state index contributed by atoms with van der Waals surface area (Å²) < 4.78 is 25.9. The van der Waals surface area contributed by atoms with E-state index in [1.807, 2.05) is 6.07 Å². The van der Waals surface area contributed by atoms with Gasteiger partial charge in [-0.25, -0.2) is 8.42 Å². The molecule has 0 aliphatic carbocycles. The third-order valence-corrected chi connectivity index (χ3v) is 4.71. The molecular formula is C13H16N2O4S. The van der Waals surface area contributed by atoms with Crippen LogP contribution in [0, 0.1) is 18.3 Å². The first-order chi connectivity index (χ1) is 9.32. The SMILES string of the molecule is CCCN(CC(=O)O)S(=O)(=O)c1ccc(C#N)cc1C. The van der Waals surface area contributed by atoms with Gasteiger partial charge < -0.3 is 5.11 Å². The van der Waals surface area contributed by atoms with Gasteiger partial charge in [0.25, 0.3) is 0 Å². The fourth-order valence-corrected chi connectivity index (χ4v) is 3.52. The van der Waals surface area contributed by atoms with E-state index in [1.54, 1.807) is 13.8 Å². The Morgan fingerprint density at radius 1 is 1.45 bits per heavy atom. The second-order valence-electron chi connectivity index (χ2n) is 4.32. The summed E-state index contributed by atoms with van der Waals surface area (Å²) in [5, 5.41) is 17.6. The summed E-state index contributed by atoms with van der Waals surface area (Å²) in [6.07, 6.45) is 0.516. The van der Waals surface area contributed by atoms with Crippen molar-refractivity contribution in [2.45, 2.75) is 25.2 Å². The van der Waals surface area contributed by atoms with E-state index in [2.05, 4.69) is 0 Å². The van der Waals surface area contributed by atoms with Crippen molar-refractivity contribution in [2.24, 2.45) is 0 Å². The number of benzene rings is 1. The first kappa shape index (κ1) is 16.1. The molecule has 1 N–H and O–H groups in total. The molecule has 0 unspecified atom stereocenters. The molecule has 0 bridgehead atoms. The predicted molar refractivity (Wildman–Crippen MR) is 72.6 cm³/mol. The van der Waals surface area contributed by atoms with Gasteiger partial charge in [-0.15, -0.1) is 0 Å². The highest BCUT2D eigenvalue weighted by Gasteiger charge is 2.27. The molecule has 1 aromatic carbocycles. The first-order valence-electron chi connectivity index (χ1n) is 6.05. The van der Waals surface area contributed by atoms with Crippen LogP contribution in [0.3, 0.4) is 0 Å². The number of sulfonamides is 1. The summed E-state index contributed by atoms with van der Waals surface area (Å²) in [7, 11) is -3.87. The topological polar surface area (TPSA) is 98.5 Å². The smallest absolute Gasteiger partial charge is 0.318 e. The molecule has 0 saturated heterocycles. The number of hydrogen-bond donors (Lipinski definition) is 1. The van der Waals surface area contributed by atoms with E-state index in [1.165, 1.54) is 18.2 Å². The van der Waals surface area contributed by atoms with E-state index < -0.39 is 22.5 Å². The lowest BCUT2D eigenvalue weighted by Crippen LogP contribution is -2.36. The highest BCUT2D eigenvalue weighted by molar-refractivity contribution is 7.89. The number of aryl methyl sites for hydroxylation is 1. The molecule has 0 aliphatic rings. The van der Waals surface area contributed by atoms with Crippen molar-refractivity contribution in [1.82, 2.24) is 4.31 Å². The molecule has 1 rings (SSSR count). The zero-order chi connectivity index (χ0) is 15.3. The number of carboxylic acids is 1. The third-order valence-electron chi connectivity index (χ3n) is 2.71. The number of nitrogens with zero attached hydrogens (tertiary/aromatic N) is 2. The fraction of sp³-hybridized carbons (Fsp3) is 0.385. The van der Waals surface area contributed by atoms with Gasteiger partial charge in [0.2, 0.25) is 10.0 Å². The quantitative estimate of drug-likeness (QED) is 0.854. The third kappa shape index (κ3) is 3.56. The Bertz CT molecular complexity index is 647. The summed E-state index contributed by atoms with van der Waals surface area (Å²) in [5.41, 5.74) is 0.789. The number of carbonyl (C=O) groups is 1. The molecule has 0 saturated carbocycles. The Morgan fingerprint density at radius 2 is 2.10 bits per heavy atom. The van der Waals surface area contributed by atoms with Crippen molar-refractivity contribution in [3.63, 3.8) is 0 Å². The molecule has 20 heavy (non-hydrogen) atoms. The van der Waals surface area contributed by atoms with E-state index >= 15 is 0 Å². The van der Waals surface area contributed by atoms with Crippen molar-refractivity contribution in [3.8, 4) is 6.07 Å². The lowest BCUT2D eigenvalue weighted by Gasteiger charge is -2.20. The Kier molecular flexibility index (Phi) is 5.25. The van der Waals surface area contributed by atoms with Crippen molar-refractivity contribution in [1.29, 1.82) is 5.26 Å². The molecule has 0 aliphatic heterocycles. The molecule has 108 valence electrons. The number of nitriles is 1. The van der Waals surface area contributed by atoms with Crippen molar-refractivity contribution in [3.05, 3.63) is 29.3 Å². The highest BCUT2D eigenvalue weighted by Crippen LogP contribution is 2.21. The Morgan fingerprint density at radius 3 is 2.55 bits per heavy atom. The van der Waals surface area contributed by atoms with Gasteiger partial charge in [-0.2, -0.15) is 9.57 Å². The molecule has 0 amide bonds. The summed E-state index contributed by atoms with van der Waals surface area (Å²) in [6, 6.07) is 6.15. The van der Waals surface area contributed by atoms with Crippen LogP contribution in [0.1, 0.15) is 24.5 Å². The summed E-state index contributed by atoms with van der Waals surface area (Å²) in [5.74, 6) is -1.20. The molecule has 1 aromatic rings. The van der Waals surface area contributed by atoms with Gasteiger partial charge in [0.15, 0.2) is 0 Å². The van der Waals surface area contributed by atoms with E-state index in [4.69, 9.17) is 10.4 Å². The largest absolute Gasteiger partial charge is 0.480 e. The van der Waals surface area contributed by atoms with Gasteiger partial charge in [0, 0.05) is 6.54 Å². The molecule has 0 atom stereocenters. The molecule has 0 heterocycles. The number of carboxylic acid groups (broad SMARTS) is 1. The number of aliphatic carboxylic acids is 1. The van der Waals surface area contributed by atoms with Crippen LogP contribution in [0.15, 0.2) is 23.1 Å². The monoisotopic (exact) mass is 296 g/mol. The first-order valence-corrected chi connectivity index (χ1v) is 7.49. The van der Waals surface area contributed by atoms with E-state index in [0.29, 0.717) is 17.5 Å². The van der Waals surface area contributed by atoms with Crippen molar-refractivity contribution < 1.29 is 18.3 Å². The Balaban J connectivity index is 3.26. The van der Waals surface area contributed by atoms with E-state index in [0.717, 1.165) is 4.31 Å². The zero-order valence-corrected chi connectivity index (χ0v) is 12.1. The van der Waals surface area contributed by atoms with Crippen LogP contribution in [0.25, 0.3) is 0 Å². The van der Waals surface area contributed by atoms with Gasteiger partial charge in [0.05, 0.1) is 16.5 Å². The second-order valence-corrected chi connectivity index (χ2v) is 6.23. The minimum atomic E-state index is -3.87. The van der Waals surface area contributed by atoms with E-state index in [9.17, 15) is 13.2 Å².